The Labute approximate surface area is 168 Å². The number of halogens is 3. The molecular weight excluding hydrogens is 409 g/mol. The lowest BCUT2D eigenvalue weighted by molar-refractivity contribution is -0.274. The molecule has 0 amide bonds. The van der Waals surface area contributed by atoms with E-state index in [0.717, 1.165) is 16.4 Å². The molecular formula is C18H17F3N4O3S. The number of aryl methyl sites for hydroxylation is 1. The summed E-state index contributed by atoms with van der Waals surface area (Å²) >= 11 is 1.51. The van der Waals surface area contributed by atoms with Gasteiger partial charge < -0.3 is 19.1 Å². The lowest BCUT2D eigenvalue weighted by atomic mass is 10.3. The van der Waals surface area contributed by atoms with Crippen molar-refractivity contribution in [1.29, 1.82) is 0 Å². The highest BCUT2D eigenvalue weighted by atomic mass is 32.1. The highest BCUT2D eigenvalue weighted by molar-refractivity contribution is 7.09. The Morgan fingerprint density at radius 3 is 2.76 bits per heavy atom. The molecule has 0 spiro atoms. The van der Waals surface area contributed by atoms with Crippen molar-refractivity contribution in [3.05, 3.63) is 46.0 Å². The van der Waals surface area contributed by atoms with E-state index in [-0.39, 0.29) is 17.5 Å². The molecule has 3 aromatic rings. The molecule has 7 nitrogen and oxygen atoms in total. The fourth-order valence-corrected chi connectivity index (χ4v) is 3.69. The molecule has 0 fully saturated rings. The van der Waals surface area contributed by atoms with Crippen LogP contribution >= 0.6 is 11.3 Å². The molecule has 1 aromatic carbocycles. The number of anilines is 1. The fourth-order valence-electron chi connectivity index (χ4n) is 2.93. The largest absolute Gasteiger partial charge is 0.573 e. The van der Waals surface area contributed by atoms with Crippen LogP contribution in [0.3, 0.4) is 0 Å². The number of hydrogen-bond acceptors (Lipinski definition) is 7. The summed E-state index contributed by atoms with van der Waals surface area (Å²) in [5, 5.41) is 2.80. The van der Waals surface area contributed by atoms with Crippen molar-refractivity contribution in [3.8, 4) is 17.5 Å². The van der Waals surface area contributed by atoms with Crippen LogP contribution in [0.15, 0.2) is 29.6 Å². The van der Waals surface area contributed by atoms with E-state index in [1.807, 2.05) is 28.8 Å². The first-order valence-corrected chi connectivity index (χ1v) is 9.49. The third-order valence-electron chi connectivity index (χ3n) is 4.11. The lowest BCUT2D eigenvalue weighted by Crippen LogP contribution is -2.27. The maximum atomic E-state index is 12.5. The SMILES string of the molecule is Cc1csc(Cn2c(Oc3cccc(OC(F)(F)F)c3)nc3c2COCN3C)n1. The molecule has 0 aliphatic carbocycles. The van der Waals surface area contributed by atoms with Gasteiger partial charge in [0.1, 0.15) is 23.2 Å². The van der Waals surface area contributed by atoms with Gasteiger partial charge in [0.2, 0.25) is 0 Å². The highest BCUT2D eigenvalue weighted by Gasteiger charge is 2.31. The summed E-state index contributed by atoms with van der Waals surface area (Å²) in [6.07, 6.45) is -4.78. The normalized spacial score (nSPS) is 14.0. The van der Waals surface area contributed by atoms with Crippen molar-refractivity contribution in [1.82, 2.24) is 14.5 Å². The van der Waals surface area contributed by atoms with Crippen LogP contribution in [0.2, 0.25) is 0 Å². The first kappa shape index (κ1) is 19.5. The van der Waals surface area contributed by atoms with E-state index < -0.39 is 6.36 Å². The van der Waals surface area contributed by atoms with Gasteiger partial charge in [0.15, 0.2) is 5.82 Å². The van der Waals surface area contributed by atoms with E-state index in [2.05, 4.69) is 14.7 Å². The summed E-state index contributed by atoms with van der Waals surface area (Å²) in [5.74, 6) is 0.505. The average molecular weight is 426 g/mol. The number of benzene rings is 1. The highest BCUT2D eigenvalue weighted by Crippen LogP contribution is 2.34. The fraction of sp³-hybridized carbons (Fsp3) is 0.333. The van der Waals surface area contributed by atoms with Crippen LogP contribution in [0.25, 0.3) is 0 Å². The van der Waals surface area contributed by atoms with Crippen molar-refractivity contribution in [2.24, 2.45) is 0 Å². The van der Waals surface area contributed by atoms with E-state index in [0.29, 0.717) is 25.7 Å². The second kappa shape index (κ2) is 7.56. The van der Waals surface area contributed by atoms with Crippen LogP contribution in [0.5, 0.6) is 17.5 Å². The molecule has 29 heavy (non-hydrogen) atoms. The van der Waals surface area contributed by atoms with Gasteiger partial charge in [-0.05, 0) is 19.1 Å². The van der Waals surface area contributed by atoms with Crippen LogP contribution in [0, 0.1) is 6.92 Å². The first-order valence-electron chi connectivity index (χ1n) is 8.61. The number of aromatic nitrogens is 3. The lowest BCUT2D eigenvalue weighted by Gasteiger charge is -2.23. The summed E-state index contributed by atoms with van der Waals surface area (Å²) in [6.45, 7) is 3.04. The van der Waals surface area contributed by atoms with Crippen molar-refractivity contribution < 1.29 is 27.4 Å². The molecule has 3 heterocycles. The maximum absolute atomic E-state index is 12.5. The van der Waals surface area contributed by atoms with Crippen molar-refractivity contribution in [3.63, 3.8) is 0 Å². The van der Waals surface area contributed by atoms with Gasteiger partial charge in [-0.1, -0.05) is 6.07 Å². The summed E-state index contributed by atoms with van der Waals surface area (Å²) in [5.41, 5.74) is 1.72. The van der Waals surface area contributed by atoms with Crippen LogP contribution in [0.4, 0.5) is 19.0 Å². The van der Waals surface area contributed by atoms with E-state index >= 15 is 0 Å². The maximum Gasteiger partial charge on any atom is 0.573 e. The number of thiazole rings is 1. The molecule has 1 aliphatic heterocycles. The summed E-state index contributed by atoms with van der Waals surface area (Å²) < 4.78 is 54.7. The summed E-state index contributed by atoms with van der Waals surface area (Å²) in [7, 11) is 1.84. The van der Waals surface area contributed by atoms with Crippen LogP contribution in [-0.2, 0) is 17.9 Å². The zero-order valence-electron chi connectivity index (χ0n) is 15.6. The molecule has 4 rings (SSSR count). The number of nitrogens with zero attached hydrogens (tertiary/aromatic N) is 4. The van der Waals surface area contributed by atoms with Gasteiger partial charge in [0.25, 0.3) is 0 Å². The van der Waals surface area contributed by atoms with Crippen molar-refractivity contribution in [2.75, 3.05) is 18.7 Å². The number of alkyl halides is 3. The molecule has 0 N–H and O–H groups in total. The predicted molar refractivity (Wildman–Crippen MR) is 99.4 cm³/mol. The van der Waals surface area contributed by atoms with Gasteiger partial charge >= 0.3 is 12.4 Å². The molecule has 1 aliphatic rings. The third kappa shape index (κ3) is 4.46. The Balaban J connectivity index is 1.67. The molecule has 2 aromatic heterocycles. The second-order valence-electron chi connectivity index (χ2n) is 6.43. The van der Waals surface area contributed by atoms with E-state index in [4.69, 9.17) is 9.47 Å². The Morgan fingerprint density at radius 1 is 1.24 bits per heavy atom. The first-order chi connectivity index (χ1) is 13.8. The molecule has 0 atom stereocenters. The van der Waals surface area contributed by atoms with E-state index in [9.17, 15) is 13.2 Å². The molecule has 0 radical (unpaired) electrons. The smallest absolute Gasteiger partial charge is 0.425 e. The zero-order chi connectivity index (χ0) is 20.6. The van der Waals surface area contributed by atoms with Gasteiger partial charge in [-0.3, -0.25) is 4.57 Å². The molecule has 0 saturated heterocycles. The Morgan fingerprint density at radius 2 is 2.03 bits per heavy atom. The second-order valence-corrected chi connectivity index (χ2v) is 7.38. The van der Waals surface area contributed by atoms with Gasteiger partial charge in [0.05, 0.1) is 18.8 Å². The van der Waals surface area contributed by atoms with Crippen molar-refractivity contribution in [2.45, 2.75) is 26.4 Å². The number of fused-ring (bicyclic) bond motifs is 1. The summed E-state index contributed by atoms with van der Waals surface area (Å²) in [6, 6.07) is 5.57. The summed E-state index contributed by atoms with van der Waals surface area (Å²) in [4.78, 5) is 10.8. The molecule has 0 unspecified atom stereocenters. The van der Waals surface area contributed by atoms with Gasteiger partial charge in [-0.15, -0.1) is 24.5 Å². The standard InChI is InChI=1S/C18H17F3N4O3S/c1-11-9-29-15(22-11)7-25-14-8-26-10-24(2)16(14)23-17(25)27-12-4-3-5-13(6-12)28-18(19,20)21/h3-6,9H,7-8,10H2,1-2H3. The molecule has 154 valence electrons. The van der Waals surface area contributed by atoms with Crippen LogP contribution in [0.1, 0.15) is 16.4 Å². The van der Waals surface area contributed by atoms with Gasteiger partial charge in [-0.25, -0.2) is 4.98 Å². The zero-order valence-corrected chi connectivity index (χ0v) is 16.4. The molecule has 11 heteroatoms. The Kier molecular flexibility index (Phi) is 5.09. The van der Waals surface area contributed by atoms with E-state index in [1.54, 1.807) is 0 Å². The minimum Gasteiger partial charge on any atom is -0.425 e. The van der Waals surface area contributed by atoms with Crippen LogP contribution < -0.4 is 14.4 Å². The number of hydrogen-bond donors (Lipinski definition) is 0. The van der Waals surface area contributed by atoms with Gasteiger partial charge in [0, 0.05) is 24.2 Å². The minimum absolute atomic E-state index is 0.175. The number of imidazole rings is 1. The topological polar surface area (TPSA) is 61.6 Å². The van der Waals surface area contributed by atoms with Crippen LogP contribution in [-0.4, -0.2) is 34.7 Å². The monoisotopic (exact) mass is 426 g/mol. The average Bonchev–Trinajstić information content (AvgIpc) is 3.19. The Bertz CT molecular complexity index is 1020. The predicted octanol–water partition coefficient (Wildman–Crippen LogP) is 4.31. The third-order valence-corrected chi connectivity index (χ3v) is 5.06. The van der Waals surface area contributed by atoms with Gasteiger partial charge in [-0.2, -0.15) is 4.98 Å². The van der Waals surface area contributed by atoms with Crippen molar-refractivity contribution >= 4 is 17.2 Å². The number of rotatable bonds is 5. The Hall–Kier alpha value is -2.79. The number of ether oxygens (including phenoxy) is 3. The molecule has 0 bridgehead atoms. The minimum atomic E-state index is -4.78. The van der Waals surface area contributed by atoms with E-state index in [1.165, 1.54) is 35.6 Å². The quantitative estimate of drug-likeness (QED) is 0.606. The molecule has 0 saturated carbocycles.